The Hall–Kier alpha value is -2.41. The third-order valence-corrected chi connectivity index (χ3v) is 5.01. The van der Waals surface area contributed by atoms with E-state index >= 15 is 0 Å². The molecule has 3 heterocycles. The molecule has 1 aliphatic heterocycles. The number of rotatable bonds is 2. The van der Waals surface area contributed by atoms with Crippen molar-refractivity contribution in [3.63, 3.8) is 0 Å². The fourth-order valence-corrected chi connectivity index (χ4v) is 3.70. The third kappa shape index (κ3) is 2.68. The van der Waals surface area contributed by atoms with Gasteiger partial charge in [0.2, 0.25) is 0 Å². The predicted molar refractivity (Wildman–Crippen MR) is 90.9 cm³/mol. The van der Waals surface area contributed by atoms with Gasteiger partial charge in [0, 0.05) is 43.1 Å². The number of carbonyl (C=O) groups is 1. The van der Waals surface area contributed by atoms with Crippen LogP contribution in [-0.2, 0) is 0 Å². The van der Waals surface area contributed by atoms with Gasteiger partial charge in [-0.05, 0) is 12.5 Å². The first-order chi connectivity index (χ1) is 11.3. The van der Waals surface area contributed by atoms with Gasteiger partial charge in [-0.25, -0.2) is 4.98 Å². The molecule has 1 aromatic carbocycles. The molecule has 6 nitrogen and oxygen atoms in total. The van der Waals surface area contributed by atoms with E-state index in [1.165, 1.54) is 0 Å². The lowest BCUT2D eigenvalue weighted by molar-refractivity contribution is 0.0769. The molecule has 0 aliphatic carbocycles. The highest BCUT2D eigenvalue weighted by atomic mass is 32.1. The van der Waals surface area contributed by atoms with Gasteiger partial charge in [-0.1, -0.05) is 12.1 Å². The number of nitrogens with one attached hydrogen (secondary N) is 1. The number of benzene rings is 1. The molecule has 1 amide bonds. The van der Waals surface area contributed by atoms with Crippen LogP contribution in [0, 0.1) is 0 Å². The van der Waals surface area contributed by atoms with E-state index < -0.39 is 0 Å². The number of anilines is 1. The first-order valence-corrected chi connectivity index (χ1v) is 8.57. The van der Waals surface area contributed by atoms with Crippen molar-refractivity contribution in [2.24, 2.45) is 0 Å². The minimum atomic E-state index is 0.0702. The zero-order valence-electron chi connectivity index (χ0n) is 12.6. The number of aromatic amines is 1. The monoisotopic (exact) mass is 327 g/mol. The number of amides is 1. The van der Waals surface area contributed by atoms with E-state index in [1.54, 1.807) is 17.5 Å². The highest BCUT2D eigenvalue weighted by Crippen LogP contribution is 2.21. The fraction of sp³-hybridized carbons (Fsp3) is 0.312. The van der Waals surface area contributed by atoms with Crippen LogP contribution in [0.15, 0.2) is 36.0 Å². The van der Waals surface area contributed by atoms with E-state index in [2.05, 4.69) is 20.1 Å². The molecule has 7 heteroatoms. The maximum atomic E-state index is 12.9. The number of hydrogen-bond donors (Lipinski definition) is 1. The smallest absolute Gasteiger partial charge is 0.256 e. The van der Waals surface area contributed by atoms with Gasteiger partial charge in [-0.15, -0.1) is 11.3 Å². The Bertz CT molecular complexity index is 813. The van der Waals surface area contributed by atoms with Crippen molar-refractivity contribution in [1.29, 1.82) is 0 Å². The second-order valence-corrected chi connectivity index (χ2v) is 6.46. The minimum absolute atomic E-state index is 0.0702. The molecule has 1 aliphatic rings. The Labute approximate surface area is 137 Å². The maximum Gasteiger partial charge on any atom is 0.256 e. The van der Waals surface area contributed by atoms with Crippen molar-refractivity contribution < 1.29 is 4.79 Å². The summed E-state index contributed by atoms with van der Waals surface area (Å²) in [5.74, 6) is 0.0702. The lowest BCUT2D eigenvalue weighted by Gasteiger charge is -2.22. The molecular weight excluding hydrogens is 310 g/mol. The molecular formula is C16H17N5OS. The Morgan fingerprint density at radius 1 is 1.22 bits per heavy atom. The summed E-state index contributed by atoms with van der Waals surface area (Å²) in [6.45, 7) is 3.23. The van der Waals surface area contributed by atoms with Gasteiger partial charge in [0.25, 0.3) is 5.91 Å². The molecule has 0 saturated carbocycles. The van der Waals surface area contributed by atoms with Crippen molar-refractivity contribution in [1.82, 2.24) is 20.1 Å². The molecule has 0 radical (unpaired) electrons. The zero-order valence-corrected chi connectivity index (χ0v) is 13.4. The molecule has 2 aromatic heterocycles. The summed E-state index contributed by atoms with van der Waals surface area (Å²) in [5.41, 5.74) is 1.52. The van der Waals surface area contributed by atoms with Crippen molar-refractivity contribution in [3.05, 3.63) is 41.5 Å². The van der Waals surface area contributed by atoms with Gasteiger partial charge in [-0.3, -0.25) is 9.89 Å². The predicted octanol–water partition coefficient (Wildman–Crippen LogP) is 2.37. The third-order valence-electron chi connectivity index (χ3n) is 4.18. The highest BCUT2D eigenvalue weighted by molar-refractivity contribution is 7.13. The Morgan fingerprint density at radius 3 is 3.04 bits per heavy atom. The first kappa shape index (κ1) is 14.2. The first-order valence-electron chi connectivity index (χ1n) is 7.69. The normalized spacial score (nSPS) is 15.8. The van der Waals surface area contributed by atoms with Gasteiger partial charge in [-0.2, -0.15) is 5.10 Å². The van der Waals surface area contributed by atoms with Gasteiger partial charge < -0.3 is 9.80 Å². The number of fused-ring (bicyclic) bond motifs is 1. The van der Waals surface area contributed by atoms with E-state index in [0.717, 1.165) is 42.1 Å². The quantitative estimate of drug-likeness (QED) is 0.785. The van der Waals surface area contributed by atoms with Crippen LogP contribution in [0.2, 0.25) is 0 Å². The maximum absolute atomic E-state index is 12.9. The van der Waals surface area contributed by atoms with E-state index in [0.29, 0.717) is 12.1 Å². The molecule has 0 unspecified atom stereocenters. The van der Waals surface area contributed by atoms with Crippen molar-refractivity contribution in [2.75, 3.05) is 31.1 Å². The molecule has 3 aromatic rings. The molecule has 1 fully saturated rings. The number of nitrogens with zero attached hydrogens (tertiary/aromatic N) is 4. The highest BCUT2D eigenvalue weighted by Gasteiger charge is 2.22. The van der Waals surface area contributed by atoms with Crippen LogP contribution in [-0.4, -0.2) is 52.2 Å². The lowest BCUT2D eigenvalue weighted by atomic mass is 10.1. The Morgan fingerprint density at radius 2 is 2.17 bits per heavy atom. The SMILES string of the molecule is O=C(c1cccc2cn[nH]c12)N1CCCN(c2nccs2)CC1. The Kier molecular flexibility index (Phi) is 3.70. The molecule has 4 rings (SSSR count). The fourth-order valence-electron chi connectivity index (χ4n) is 3.00. The summed E-state index contributed by atoms with van der Waals surface area (Å²) in [6, 6.07) is 5.74. The van der Waals surface area contributed by atoms with Crippen LogP contribution in [0.3, 0.4) is 0 Å². The van der Waals surface area contributed by atoms with Gasteiger partial charge in [0.15, 0.2) is 5.13 Å². The number of hydrogen-bond acceptors (Lipinski definition) is 5. The molecule has 0 bridgehead atoms. The second kappa shape index (κ2) is 6.00. The van der Waals surface area contributed by atoms with Crippen molar-refractivity contribution in [2.45, 2.75) is 6.42 Å². The average molecular weight is 327 g/mol. The largest absolute Gasteiger partial charge is 0.346 e. The number of thiazole rings is 1. The van der Waals surface area contributed by atoms with Crippen molar-refractivity contribution >= 4 is 33.3 Å². The standard InChI is InChI=1S/C16H17N5OS/c22-15(13-4-1-3-12-11-18-19-14(12)13)20-6-2-7-21(9-8-20)16-17-5-10-23-16/h1,3-5,10-11H,2,6-9H2,(H,18,19). The zero-order chi connectivity index (χ0) is 15.6. The lowest BCUT2D eigenvalue weighted by Crippen LogP contribution is -2.35. The number of para-hydroxylation sites is 1. The van der Waals surface area contributed by atoms with Crippen molar-refractivity contribution in [3.8, 4) is 0 Å². The van der Waals surface area contributed by atoms with E-state index in [-0.39, 0.29) is 5.91 Å². The van der Waals surface area contributed by atoms with Crippen LogP contribution in [0.4, 0.5) is 5.13 Å². The summed E-state index contributed by atoms with van der Waals surface area (Å²) >= 11 is 1.65. The molecule has 0 atom stereocenters. The minimum Gasteiger partial charge on any atom is -0.346 e. The van der Waals surface area contributed by atoms with E-state index in [4.69, 9.17) is 0 Å². The molecule has 1 N–H and O–H groups in total. The molecule has 23 heavy (non-hydrogen) atoms. The van der Waals surface area contributed by atoms with E-state index in [1.807, 2.05) is 34.7 Å². The second-order valence-electron chi connectivity index (χ2n) is 5.59. The van der Waals surface area contributed by atoms with Crippen LogP contribution in [0.25, 0.3) is 10.9 Å². The topological polar surface area (TPSA) is 65.1 Å². The summed E-state index contributed by atoms with van der Waals surface area (Å²) < 4.78 is 0. The van der Waals surface area contributed by atoms with Crippen LogP contribution in [0.1, 0.15) is 16.8 Å². The Balaban J connectivity index is 1.54. The summed E-state index contributed by atoms with van der Waals surface area (Å²) in [6.07, 6.45) is 4.52. The average Bonchev–Trinajstić information content (AvgIpc) is 3.21. The number of aromatic nitrogens is 3. The van der Waals surface area contributed by atoms with Gasteiger partial charge in [0.05, 0.1) is 17.3 Å². The van der Waals surface area contributed by atoms with Crippen LogP contribution in [0.5, 0.6) is 0 Å². The summed E-state index contributed by atoms with van der Waals surface area (Å²) in [7, 11) is 0. The van der Waals surface area contributed by atoms with Gasteiger partial charge in [0.1, 0.15) is 0 Å². The van der Waals surface area contributed by atoms with Gasteiger partial charge >= 0.3 is 0 Å². The molecule has 1 saturated heterocycles. The van der Waals surface area contributed by atoms with Crippen LogP contribution < -0.4 is 4.90 Å². The summed E-state index contributed by atoms with van der Waals surface area (Å²) in [4.78, 5) is 21.5. The van der Waals surface area contributed by atoms with Crippen LogP contribution >= 0.6 is 11.3 Å². The summed E-state index contributed by atoms with van der Waals surface area (Å²) in [5, 5.41) is 11.0. The van der Waals surface area contributed by atoms with E-state index in [9.17, 15) is 4.79 Å². The molecule has 118 valence electrons. The number of carbonyl (C=O) groups excluding carboxylic acids is 1. The molecule has 0 spiro atoms. The number of H-pyrrole nitrogens is 1.